The summed E-state index contributed by atoms with van der Waals surface area (Å²) in [6.45, 7) is 0.127. The van der Waals surface area contributed by atoms with E-state index in [0.717, 1.165) is 20.1 Å². The van der Waals surface area contributed by atoms with Gasteiger partial charge < -0.3 is 10.4 Å². The Morgan fingerprint density at radius 3 is 2.91 bits per heavy atom. The highest BCUT2D eigenvalue weighted by Crippen LogP contribution is 2.30. The highest BCUT2D eigenvalue weighted by molar-refractivity contribution is 9.10. The Bertz CT molecular complexity index is 865. The third-order valence-electron chi connectivity index (χ3n) is 3.50. The van der Waals surface area contributed by atoms with Gasteiger partial charge in [-0.1, -0.05) is 45.7 Å². The summed E-state index contributed by atoms with van der Waals surface area (Å²) in [5.41, 5.74) is 1.20. The summed E-state index contributed by atoms with van der Waals surface area (Å²) >= 11 is 10.9. The number of aliphatic hydroxyl groups excluding tert-OH is 1. The van der Waals surface area contributed by atoms with E-state index >= 15 is 0 Å². The second-order valence-electron chi connectivity index (χ2n) is 5.04. The Kier molecular flexibility index (Phi) is 5.02. The average Bonchev–Trinajstić information content (AvgIpc) is 2.98. The van der Waals surface area contributed by atoms with E-state index in [-0.39, 0.29) is 12.5 Å². The smallest absolute Gasteiger partial charge is 0.252 e. The lowest BCUT2D eigenvalue weighted by molar-refractivity contribution is 0.0917. The van der Waals surface area contributed by atoms with Crippen molar-refractivity contribution in [1.82, 2.24) is 5.32 Å². The van der Waals surface area contributed by atoms with Gasteiger partial charge >= 0.3 is 0 Å². The highest BCUT2D eigenvalue weighted by Gasteiger charge is 2.16. The molecule has 0 fully saturated rings. The molecule has 1 unspecified atom stereocenters. The number of rotatable bonds is 4. The van der Waals surface area contributed by atoms with Crippen LogP contribution in [0.15, 0.2) is 52.3 Å². The van der Waals surface area contributed by atoms with Gasteiger partial charge in [0.1, 0.15) is 0 Å². The lowest BCUT2D eigenvalue weighted by Crippen LogP contribution is -2.28. The Morgan fingerprint density at radius 2 is 2.09 bits per heavy atom. The van der Waals surface area contributed by atoms with E-state index in [2.05, 4.69) is 21.2 Å². The Labute approximate surface area is 151 Å². The van der Waals surface area contributed by atoms with Crippen LogP contribution in [0.4, 0.5) is 0 Å². The van der Waals surface area contributed by atoms with Crippen LogP contribution in [0.1, 0.15) is 22.0 Å². The molecule has 23 heavy (non-hydrogen) atoms. The zero-order chi connectivity index (χ0) is 16.4. The fraction of sp³-hybridized carbons (Fsp3) is 0.118. The minimum absolute atomic E-state index is 0.127. The number of aliphatic hydroxyl groups is 1. The predicted molar refractivity (Wildman–Crippen MR) is 98.3 cm³/mol. The molecule has 6 heteroatoms. The quantitative estimate of drug-likeness (QED) is 0.650. The topological polar surface area (TPSA) is 49.3 Å². The monoisotopic (exact) mass is 409 g/mol. The molecule has 0 saturated carbocycles. The number of hydrogen-bond acceptors (Lipinski definition) is 3. The van der Waals surface area contributed by atoms with Crippen molar-refractivity contribution in [2.75, 3.05) is 6.54 Å². The van der Waals surface area contributed by atoms with Gasteiger partial charge in [-0.15, -0.1) is 11.3 Å². The van der Waals surface area contributed by atoms with Crippen LogP contribution in [0.3, 0.4) is 0 Å². The minimum atomic E-state index is -0.763. The molecule has 0 aliphatic heterocycles. The van der Waals surface area contributed by atoms with Gasteiger partial charge in [0.2, 0.25) is 0 Å². The van der Waals surface area contributed by atoms with Gasteiger partial charge in [-0.25, -0.2) is 0 Å². The van der Waals surface area contributed by atoms with Crippen LogP contribution in [-0.2, 0) is 0 Å². The molecule has 0 aliphatic rings. The SMILES string of the molecule is O=C(NCC(O)c1csc2ccccc12)c1cc(Br)ccc1Cl. The van der Waals surface area contributed by atoms with Crippen molar-refractivity contribution >= 4 is 54.9 Å². The van der Waals surface area contributed by atoms with E-state index in [1.165, 1.54) is 0 Å². The molecule has 2 aromatic carbocycles. The summed E-state index contributed by atoms with van der Waals surface area (Å²) in [6, 6.07) is 13.0. The molecule has 3 aromatic rings. The van der Waals surface area contributed by atoms with Crippen LogP contribution >= 0.6 is 38.9 Å². The molecule has 0 saturated heterocycles. The van der Waals surface area contributed by atoms with E-state index in [1.807, 2.05) is 29.6 Å². The fourth-order valence-electron chi connectivity index (χ4n) is 2.32. The number of halogens is 2. The fourth-order valence-corrected chi connectivity index (χ4v) is 3.89. The Balaban J connectivity index is 1.72. The van der Waals surface area contributed by atoms with Crippen molar-refractivity contribution in [3.05, 3.63) is 68.5 Å². The molecule has 2 N–H and O–H groups in total. The summed E-state index contributed by atoms with van der Waals surface area (Å²) < 4.78 is 1.89. The zero-order valence-corrected chi connectivity index (χ0v) is 15.1. The van der Waals surface area contributed by atoms with E-state index in [1.54, 1.807) is 29.5 Å². The molecule has 0 bridgehead atoms. The predicted octanol–water partition coefficient (Wildman–Crippen LogP) is 4.78. The number of amides is 1. The van der Waals surface area contributed by atoms with Crippen LogP contribution in [0, 0.1) is 0 Å². The summed E-state index contributed by atoms with van der Waals surface area (Å²) in [6.07, 6.45) is -0.763. The first-order valence-corrected chi connectivity index (χ1v) is 8.99. The molecule has 1 atom stereocenters. The Hall–Kier alpha value is -1.40. The normalized spacial score (nSPS) is 12.3. The van der Waals surface area contributed by atoms with Crippen LogP contribution in [-0.4, -0.2) is 17.6 Å². The van der Waals surface area contributed by atoms with Crippen molar-refractivity contribution in [2.45, 2.75) is 6.10 Å². The number of benzene rings is 2. The Morgan fingerprint density at radius 1 is 1.30 bits per heavy atom. The summed E-state index contributed by atoms with van der Waals surface area (Å²) in [5.74, 6) is -0.310. The lowest BCUT2D eigenvalue weighted by atomic mass is 10.1. The van der Waals surface area contributed by atoms with Gasteiger partial charge in [0.05, 0.1) is 16.7 Å². The molecular weight excluding hydrogens is 398 g/mol. The van der Waals surface area contributed by atoms with Crippen LogP contribution in [0.5, 0.6) is 0 Å². The summed E-state index contributed by atoms with van der Waals surface area (Å²) in [4.78, 5) is 12.2. The first-order valence-electron chi connectivity index (χ1n) is 6.93. The molecule has 0 spiro atoms. The van der Waals surface area contributed by atoms with Crippen LogP contribution < -0.4 is 5.32 Å². The second-order valence-corrected chi connectivity index (χ2v) is 7.27. The van der Waals surface area contributed by atoms with E-state index in [9.17, 15) is 9.90 Å². The maximum atomic E-state index is 12.2. The first-order chi connectivity index (χ1) is 11.1. The number of hydrogen-bond donors (Lipinski definition) is 2. The van der Waals surface area contributed by atoms with Gasteiger partial charge in [-0.3, -0.25) is 4.79 Å². The molecule has 1 amide bonds. The van der Waals surface area contributed by atoms with Crippen LogP contribution in [0.25, 0.3) is 10.1 Å². The van der Waals surface area contributed by atoms with E-state index in [0.29, 0.717) is 10.6 Å². The van der Waals surface area contributed by atoms with Crippen molar-refractivity contribution in [2.24, 2.45) is 0 Å². The van der Waals surface area contributed by atoms with Crippen LogP contribution in [0.2, 0.25) is 5.02 Å². The van der Waals surface area contributed by atoms with Gasteiger partial charge in [0, 0.05) is 21.3 Å². The van der Waals surface area contributed by atoms with E-state index in [4.69, 9.17) is 11.6 Å². The van der Waals surface area contributed by atoms with Gasteiger partial charge in [0.25, 0.3) is 5.91 Å². The summed E-state index contributed by atoms with van der Waals surface area (Å²) in [7, 11) is 0. The van der Waals surface area contributed by atoms with Crippen molar-refractivity contribution < 1.29 is 9.90 Å². The lowest BCUT2D eigenvalue weighted by Gasteiger charge is -2.12. The molecule has 3 nitrogen and oxygen atoms in total. The highest BCUT2D eigenvalue weighted by atomic mass is 79.9. The van der Waals surface area contributed by atoms with E-state index < -0.39 is 6.10 Å². The van der Waals surface area contributed by atoms with Crippen molar-refractivity contribution in [3.63, 3.8) is 0 Å². The molecule has 1 aromatic heterocycles. The van der Waals surface area contributed by atoms with Gasteiger partial charge in [0.15, 0.2) is 0 Å². The van der Waals surface area contributed by atoms with Gasteiger partial charge in [-0.2, -0.15) is 0 Å². The average molecular weight is 411 g/mol. The molecule has 118 valence electrons. The molecule has 3 rings (SSSR count). The van der Waals surface area contributed by atoms with Crippen molar-refractivity contribution in [3.8, 4) is 0 Å². The maximum Gasteiger partial charge on any atom is 0.252 e. The first kappa shape index (κ1) is 16.5. The number of fused-ring (bicyclic) bond motifs is 1. The van der Waals surface area contributed by atoms with Crippen molar-refractivity contribution in [1.29, 1.82) is 0 Å². The molecule has 1 heterocycles. The third-order valence-corrected chi connectivity index (χ3v) is 5.30. The number of carbonyl (C=O) groups excluding carboxylic acids is 1. The number of nitrogens with one attached hydrogen (secondary N) is 1. The molecule has 0 aliphatic carbocycles. The van der Waals surface area contributed by atoms with Gasteiger partial charge in [-0.05, 0) is 35.0 Å². The number of thiophene rings is 1. The second kappa shape index (κ2) is 7.01. The number of carbonyl (C=O) groups is 1. The summed E-state index contributed by atoms with van der Waals surface area (Å²) in [5, 5.41) is 16.4. The molecular formula is C17H13BrClNO2S. The maximum absolute atomic E-state index is 12.2. The molecule has 0 radical (unpaired) electrons. The standard InChI is InChI=1S/C17H13BrClNO2S/c18-10-5-6-14(19)12(7-10)17(22)20-8-15(21)13-9-23-16-4-2-1-3-11(13)16/h1-7,9,15,21H,8H2,(H,20,22). The minimum Gasteiger partial charge on any atom is -0.387 e. The zero-order valence-electron chi connectivity index (χ0n) is 11.9. The largest absolute Gasteiger partial charge is 0.387 e. The third kappa shape index (κ3) is 3.58.